The van der Waals surface area contributed by atoms with Crippen molar-refractivity contribution < 1.29 is 0 Å². The predicted octanol–water partition coefficient (Wildman–Crippen LogP) is 3.97. The van der Waals surface area contributed by atoms with E-state index in [9.17, 15) is 0 Å². The molecule has 0 bridgehead atoms. The van der Waals surface area contributed by atoms with E-state index in [1.165, 1.54) is 11.1 Å². The summed E-state index contributed by atoms with van der Waals surface area (Å²) in [6.07, 6.45) is 0. The van der Waals surface area contributed by atoms with Crippen LogP contribution in [0.15, 0.2) is 35.3 Å². The molecule has 1 rings (SSSR count). The van der Waals surface area contributed by atoms with E-state index < -0.39 is 0 Å². The largest absolute Gasteiger partial charge is 0.253 e. The Balaban J connectivity index is 3.09. The van der Waals surface area contributed by atoms with Gasteiger partial charge in [0, 0.05) is 5.71 Å². The van der Waals surface area contributed by atoms with Gasteiger partial charge in [0.2, 0.25) is 0 Å². The highest BCUT2D eigenvalue weighted by molar-refractivity contribution is 5.98. The molecule has 0 aliphatic heterocycles. The highest BCUT2D eigenvalue weighted by Crippen LogP contribution is 2.20. The molecule has 1 aromatic rings. The molecule has 1 aromatic carbocycles. The second kappa shape index (κ2) is 4.23. The molecular formula is C13H17N. The molecule has 0 aromatic heterocycles. The first kappa shape index (κ1) is 10.7. The van der Waals surface area contributed by atoms with Gasteiger partial charge in [0.15, 0.2) is 0 Å². The summed E-state index contributed by atoms with van der Waals surface area (Å²) < 4.78 is 0. The SMILES string of the molecule is C=C(C)C(C)=Nc1ccc(C)cc1C. The third kappa shape index (κ3) is 2.56. The van der Waals surface area contributed by atoms with Crippen molar-refractivity contribution in [3.8, 4) is 0 Å². The molecule has 0 fully saturated rings. The topological polar surface area (TPSA) is 12.4 Å². The predicted molar refractivity (Wildman–Crippen MR) is 63.5 cm³/mol. The van der Waals surface area contributed by atoms with E-state index in [0.717, 1.165) is 17.0 Å². The minimum atomic E-state index is 0.997. The summed E-state index contributed by atoms with van der Waals surface area (Å²) in [6.45, 7) is 12.0. The van der Waals surface area contributed by atoms with Crippen LogP contribution in [0.4, 0.5) is 5.69 Å². The van der Waals surface area contributed by atoms with Gasteiger partial charge in [-0.3, -0.25) is 4.99 Å². The second-order valence-corrected chi connectivity index (χ2v) is 3.77. The summed E-state index contributed by atoms with van der Waals surface area (Å²) in [5.74, 6) is 0. The molecule has 0 aliphatic carbocycles. The molecule has 0 heterocycles. The summed E-state index contributed by atoms with van der Waals surface area (Å²) in [7, 11) is 0. The van der Waals surface area contributed by atoms with Gasteiger partial charge in [0.25, 0.3) is 0 Å². The lowest BCUT2D eigenvalue weighted by atomic mass is 10.1. The first-order valence-corrected chi connectivity index (χ1v) is 4.79. The van der Waals surface area contributed by atoms with Crippen molar-refractivity contribution in [3.63, 3.8) is 0 Å². The summed E-state index contributed by atoms with van der Waals surface area (Å²) in [6, 6.07) is 6.28. The van der Waals surface area contributed by atoms with Crippen LogP contribution >= 0.6 is 0 Å². The van der Waals surface area contributed by atoms with Gasteiger partial charge >= 0.3 is 0 Å². The number of nitrogens with zero attached hydrogens (tertiary/aromatic N) is 1. The van der Waals surface area contributed by atoms with Crippen molar-refractivity contribution in [2.24, 2.45) is 4.99 Å². The van der Waals surface area contributed by atoms with E-state index >= 15 is 0 Å². The lowest BCUT2D eigenvalue weighted by molar-refractivity contribution is 1.34. The Morgan fingerprint density at radius 1 is 1.21 bits per heavy atom. The van der Waals surface area contributed by atoms with Gasteiger partial charge in [-0.05, 0) is 44.9 Å². The molecule has 0 radical (unpaired) electrons. The van der Waals surface area contributed by atoms with Crippen LogP contribution in [0.2, 0.25) is 0 Å². The zero-order chi connectivity index (χ0) is 10.7. The highest BCUT2D eigenvalue weighted by Gasteiger charge is 1.97. The Kier molecular flexibility index (Phi) is 3.23. The van der Waals surface area contributed by atoms with Crippen molar-refractivity contribution in [1.82, 2.24) is 0 Å². The van der Waals surface area contributed by atoms with E-state index in [-0.39, 0.29) is 0 Å². The summed E-state index contributed by atoms with van der Waals surface area (Å²) in [4.78, 5) is 4.52. The van der Waals surface area contributed by atoms with Crippen molar-refractivity contribution in [1.29, 1.82) is 0 Å². The molecule has 0 saturated carbocycles. The van der Waals surface area contributed by atoms with Crippen molar-refractivity contribution in [3.05, 3.63) is 41.5 Å². The lowest BCUT2D eigenvalue weighted by Gasteiger charge is -2.03. The maximum absolute atomic E-state index is 4.52. The quantitative estimate of drug-likeness (QED) is 0.621. The number of aliphatic imine (C=N–C) groups is 1. The number of hydrogen-bond donors (Lipinski definition) is 0. The Morgan fingerprint density at radius 3 is 2.36 bits per heavy atom. The minimum absolute atomic E-state index is 0.997. The van der Waals surface area contributed by atoms with Gasteiger partial charge in [-0.25, -0.2) is 0 Å². The summed E-state index contributed by atoms with van der Waals surface area (Å²) in [5.41, 5.74) is 5.54. The second-order valence-electron chi connectivity index (χ2n) is 3.77. The maximum Gasteiger partial charge on any atom is 0.0662 e. The Bertz CT molecular complexity index is 386. The normalized spacial score (nSPS) is 11.6. The van der Waals surface area contributed by atoms with Gasteiger partial charge in [-0.15, -0.1) is 0 Å². The molecular weight excluding hydrogens is 170 g/mol. The van der Waals surface area contributed by atoms with Gasteiger partial charge < -0.3 is 0 Å². The van der Waals surface area contributed by atoms with E-state index in [2.05, 4.69) is 43.6 Å². The minimum Gasteiger partial charge on any atom is -0.253 e. The van der Waals surface area contributed by atoms with Crippen LogP contribution in [-0.4, -0.2) is 5.71 Å². The fourth-order valence-corrected chi connectivity index (χ4v) is 1.21. The van der Waals surface area contributed by atoms with Gasteiger partial charge in [0.05, 0.1) is 5.69 Å². The Hall–Kier alpha value is -1.37. The smallest absolute Gasteiger partial charge is 0.0662 e. The van der Waals surface area contributed by atoms with Crippen LogP contribution in [0.1, 0.15) is 25.0 Å². The van der Waals surface area contributed by atoms with Crippen LogP contribution < -0.4 is 0 Å². The molecule has 0 spiro atoms. The average molecular weight is 187 g/mol. The summed E-state index contributed by atoms with van der Waals surface area (Å²) >= 11 is 0. The monoisotopic (exact) mass is 187 g/mol. The zero-order valence-electron chi connectivity index (χ0n) is 9.39. The Labute approximate surface area is 86.2 Å². The number of benzene rings is 1. The average Bonchev–Trinajstić information content (AvgIpc) is 2.09. The van der Waals surface area contributed by atoms with Gasteiger partial charge in [-0.2, -0.15) is 0 Å². The van der Waals surface area contributed by atoms with Gasteiger partial charge in [-0.1, -0.05) is 24.3 Å². The molecule has 1 nitrogen and oxygen atoms in total. The standard InChI is InChI=1S/C13H17N/c1-9(2)12(5)14-13-7-6-10(3)8-11(13)4/h6-8H,1H2,2-5H3. The summed E-state index contributed by atoms with van der Waals surface area (Å²) in [5, 5.41) is 0. The van der Waals surface area contributed by atoms with Crippen molar-refractivity contribution in [2.75, 3.05) is 0 Å². The fourth-order valence-electron chi connectivity index (χ4n) is 1.21. The van der Waals surface area contributed by atoms with Crippen LogP contribution in [0.5, 0.6) is 0 Å². The Morgan fingerprint density at radius 2 is 1.86 bits per heavy atom. The highest BCUT2D eigenvalue weighted by atomic mass is 14.7. The first-order chi connectivity index (χ1) is 6.50. The number of allylic oxidation sites excluding steroid dienone is 1. The maximum atomic E-state index is 4.52. The molecule has 0 N–H and O–H groups in total. The van der Waals surface area contributed by atoms with E-state index in [4.69, 9.17) is 0 Å². The van der Waals surface area contributed by atoms with Crippen LogP contribution in [-0.2, 0) is 0 Å². The molecule has 0 saturated heterocycles. The first-order valence-electron chi connectivity index (χ1n) is 4.79. The fraction of sp³-hybridized carbons (Fsp3) is 0.308. The van der Waals surface area contributed by atoms with Crippen LogP contribution in [0, 0.1) is 13.8 Å². The number of hydrogen-bond acceptors (Lipinski definition) is 1. The molecule has 1 heteroatoms. The molecule has 14 heavy (non-hydrogen) atoms. The molecule has 0 unspecified atom stereocenters. The van der Waals surface area contributed by atoms with Crippen LogP contribution in [0.25, 0.3) is 0 Å². The molecule has 0 atom stereocenters. The van der Waals surface area contributed by atoms with E-state index in [1.807, 2.05) is 13.8 Å². The van der Waals surface area contributed by atoms with E-state index in [0.29, 0.717) is 0 Å². The third-order valence-corrected chi connectivity index (χ3v) is 2.26. The number of rotatable bonds is 2. The van der Waals surface area contributed by atoms with Gasteiger partial charge in [0.1, 0.15) is 0 Å². The molecule has 74 valence electrons. The van der Waals surface area contributed by atoms with E-state index in [1.54, 1.807) is 0 Å². The zero-order valence-corrected chi connectivity index (χ0v) is 9.39. The molecule has 0 aliphatic rings. The van der Waals surface area contributed by atoms with Crippen LogP contribution in [0.3, 0.4) is 0 Å². The lowest BCUT2D eigenvalue weighted by Crippen LogP contribution is -1.90. The van der Waals surface area contributed by atoms with Crippen molar-refractivity contribution in [2.45, 2.75) is 27.7 Å². The molecule has 0 amide bonds. The van der Waals surface area contributed by atoms with Crippen molar-refractivity contribution >= 4 is 11.4 Å². The number of aryl methyl sites for hydroxylation is 2. The third-order valence-electron chi connectivity index (χ3n) is 2.26.